The second kappa shape index (κ2) is 5.07. The molecule has 19 heavy (non-hydrogen) atoms. The zero-order valence-corrected chi connectivity index (χ0v) is 11.5. The van der Waals surface area contributed by atoms with Gasteiger partial charge in [0.25, 0.3) is 0 Å². The predicted octanol–water partition coefficient (Wildman–Crippen LogP) is 3.24. The van der Waals surface area contributed by atoms with E-state index in [1.807, 2.05) is 31.2 Å². The molecule has 3 rings (SSSR count). The molecule has 4 heteroatoms. The standard InChI is InChI=1S/C15H15N3S/c1-10-9-19-15(17-10)8-12(16)14-7-6-11-4-2-3-5-13(11)18-14/h2-7,9,12H,8,16H2,1H3. The number of rotatable bonds is 3. The average Bonchev–Trinajstić information content (AvgIpc) is 2.83. The van der Waals surface area contributed by atoms with E-state index < -0.39 is 0 Å². The zero-order chi connectivity index (χ0) is 13.2. The Morgan fingerprint density at radius 1 is 1.16 bits per heavy atom. The first-order chi connectivity index (χ1) is 9.22. The van der Waals surface area contributed by atoms with Crippen LogP contribution < -0.4 is 5.73 Å². The molecule has 0 bridgehead atoms. The third-order valence-electron chi connectivity index (χ3n) is 3.06. The molecule has 0 spiro atoms. The van der Waals surface area contributed by atoms with Crippen molar-refractivity contribution in [3.05, 3.63) is 58.2 Å². The fourth-order valence-electron chi connectivity index (χ4n) is 2.08. The zero-order valence-electron chi connectivity index (χ0n) is 10.7. The molecule has 3 nitrogen and oxygen atoms in total. The van der Waals surface area contributed by atoms with E-state index in [1.165, 1.54) is 0 Å². The smallest absolute Gasteiger partial charge is 0.0947 e. The lowest BCUT2D eigenvalue weighted by atomic mass is 10.1. The van der Waals surface area contributed by atoms with Crippen LogP contribution in [0.15, 0.2) is 41.8 Å². The molecule has 0 aliphatic rings. The molecular formula is C15H15N3S. The number of hydrogen-bond donors (Lipinski definition) is 1. The van der Waals surface area contributed by atoms with Crippen LogP contribution in [-0.4, -0.2) is 9.97 Å². The van der Waals surface area contributed by atoms with Crippen molar-refractivity contribution in [2.45, 2.75) is 19.4 Å². The van der Waals surface area contributed by atoms with E-state index in [2.05, 4.69) is 27.5 Å². The van der Waals surface area contributed by atoms with Crippen molar-refractivity contribution in [2.75, 3.05) is 0 Å². The van der Waals surface area contributed by atoms with Crippen molar-refractivity contribution in [3.63, 3.8) is 0 Å². The fraction of sp³-hybridized carbons (Fsp3) is 0.200. The van der Waals surface area contributed by atoms with Crippen LogP contribution in [0, 0.1) is 6.92 Å². The van der Waals surface area contributed by atoms with Gasteiger partial charge < -0.3 is 5.73 Å². The maximum Gasteiger partial charge on any atom is 0.0947 e. The molecule has 2 N–H and O–H groups in total. The van der Waals surface area contributed by atoms with Crippen molar-refractivity contribution >= 4 is 22.2 Å². The number of nitrogens with two attached hydrogens (primary N) is 1. The predicted molar refractivity (Wildman–Crippen MR) is 79.2 cm³/mol. The van der Waals surface area contributed by atoms with Crippen molar-refractivity contribution in [2.24, 2.45) is 5.73 Å². The van der Waals surface area contributed by atoms with Crippen molar-refractivity contribution < 1.29 is 0 Å². The molecule has 2 heterocycles. The lowest BCUT2D eigenvalue weighted by Gasteiger charge is -2.10. The van der Waals surface area contributed by atoms with Crippen LogP contribution in [0.2, 0.25) is 0 Å². The van der Waals surface area contributed by atoms with Crippen molar-refractivity contribution in [3.8, 4) is 0 Å². The van der Waals surface area contributed by atoms with Crippen LogP contribution in [0.25, 0.3) is 10.9 Å². The third kappa shape index (κ3) is 2.64. The summed E-state index contributed by atoms with van der Waals surface area (Å²) in [7, 11) is 0. The van der Waals surface area contributed by atoms with Gasteiger partial charge in [-0.1, -0.05) is 24.3 Å². The van der Waals surface area contributed by atoms with Crippen molar-refractivity contribution in [1.82, 2.24) is 9.97 Å². The molecule has 0 aliphatic carbocycles. The Morgan fingerprint density at radius 2 is 2.00 bits per heavy atom. The van der Waals surface area contributed by atoms with E-state index in [0.29, 0.717) is 0 Å². The van der Waals surface area contributed by atoms with E-state index in [-0.39, 0.29) is 6.04 Å². The molecule has 0 saturated carbocycles. The maximum atomic E-state index is 6.23. The Labute approximate surface area is 116 Å². The quantitative estimate of drug-likeness (QED) is 0.794. The van der Waals surface area contributed by atoms with Crippen molar-refractivity contribution in [1.29, 1.82) is 0 Å². The molecule has 0 aliphatic heterocycles. The molecule has 1 aromatic carbocycles. The summed E-state index contributed by atoms with van der Waals surface area (Å²) in [5.74, 6) is 0. The van der Waals surface area contributed by atoms with Gasteiger partial charge in [-0.25, -0.2) is 4.98 Å². The van der Waals surface area contributed by atoms with Crippen LogP contribution in [0.3, 0.4) is 0 Å². The average molecular weight is 269 g/mol. The van der Waals surface area contributed by atoms with Crippen LogP contribution >= 0.6 is 11.3 Å². The van der Waals surface area contributed by atoms with Gasteiger partial charge >= 0.3 is 0 Å². The fourth-order valence-corrected chi connectivity index (χ4v) is 2.91. The number of fused-ring (bicyclic) bond motifs is 1. The Morgan fingerprint density at radius 3 is 2.79 bits per heavy atom. The Bertz CT molecular complexity index is 705. The number of benzene rings is 1. The number of aromatic nitrogens is 2. The minimum atomic E-state index is -0.102. The molecule has 3 aromatic rings. The Balaban J connectivity index is 1.86. The van der Waals surface area contributed by atoms with E-state index in [4.69, 9.17) is 5.73 Å². The maximum absolute atomic E-state index is 6.23. The van der Waals surface area contributed by atoms with E-state index >= 15 is 0 Å². The highest BCUT2D eigenvalue weighted by Gasteiger charge is 2.11. The Kier molecular flexibility index (Phi) is 3.27. The van der Waals surface area contributed by atoms with E-state index in [9.17, 15) is 0 Å². The summed E-state index contributed by atoms with van der Waals surface area (Å²) >= 11 is 1.66. The van der Waals surface area contributed by atoms with Gasteiger partial charge in [0.05, 0.1) is 22.3 Å². The number of nitrogens with zero attached hydrogens (tertiary/aromatic N) is 2. The molecule has 0 fully saturated rings. The molecular weight excluding hydrogens is 254 g/mol. The summed E-state index contributed by atoms with van der Waals surface area (Å²) in [6.45, 7) is 2.00. The highest BCUT2D eigenvalue weighted by atomic mass is 32.1. The van der Waals surface area contributed by atoms with E-state index in [0.717, 1.165) is 33.7 Å². The number of para-hydroxylation sites is 1. The lowest BCUT2D eigenvalue weighted by molar-refractivity contribution is 0.696. The molecule has 1 unspecified atom stereocenters. The minimum Gasteiger partial charge on any atom is -0.322 e. The molecule has 96 valence electrons. The van der Waals surface area contributed by atoms with E-state index in [1.54, 1.807) is 11.3 Å². The molecule has 1 atom stereocenters. The van der Waals surface area contributed by atoms with Gasteiger partial charge in [-0.15, -0.1) is 11.3 Å². The summed E-state index contributed by atoms with van der Waals surface area (Å²) in [6.07, 6.45) is 0.740. The third-order valence-corrected chi connectivity index (χ3v) is 4.05. The van der Waals surface area contributed by atoms with Crippen LogP contribution in [0.5, 0.6) is 0 Å². The summed E-state index contributed by atoms with van der Waals surface area (Å²) < 4.78 is 0. The van der Waals surface area contributed by atoms with Crippen LogP contribution in [-0.2, 0) is 6.42 Å². The number of thiazole rings is 1. The summed E-state index contributed by atoms with van der Waals surface area (Å²) in [5.41, 5.74) is 9.20. The van der Waals surface area contributed by atoms with Gasteiger partial charge in [-0.05, 0) is 19.1 Å². The first kappa shape index (κ1) is 12.3. The largest absolute Gasteiger partial charge is 0.322 e. The Hall–Kier alpha value is -1.78. The second-order valence-corrected chi connectivity index (χ2v) is 5.56. The topological polar surface area (TPSA) is 51.8 Å². The van der Waals surface area contributed by atoms with Gasteiger partial charge in [-0.2, -0.15) is 0 Å². The lowest BCUT2D eigenvalue weighted by Crippen LogP contribution is -2.14. The molecule has 2 aromatic heterocycles. The monoisotopic (exact) mass is 269 g/mol. The van der Waals surface area contributed by atoms with Crippen LogP contribution in [0.1, 0.15) is 22.4 Å². The first-order valence-corrected chi connectivity index (χ1v) is 7.12. The molecule has 0 radical (unpaired) electrons. The summed E-state index contributed by atoms with van der Waals surface area (Å²) in [4.78, 5) is 9.08. The first-order valence-electron chi connectivity index (χ1n) is 6.24. The normalized spacial score (nSPS) is 12.7. The summed E-state index contributed by atoms with van der Waals surface area (Å²) in [6, 6.07) is 12.1. The molecule has 0 saturated heterocycles. The number of pyridine rings is 1. The summed E-state index contributed by atoms with van der Waals surface area (Å²) in [5, 5.41) is 4.26. The number of aryl methyl sites for hydroxylation is 1. The number of hydrogen-bond acceptors (Lipinski definition) is 4. The SMILES string of the molecule is Cc1csc(CC(N)c2ccc3ccccc3n2)n1. The second-order valence-electron chi connectivity index (χ2n) is 4.62. The highest BCUT2D eigenvalue weighted by Crippen LogP contribution is 2.20. The molecule has 0 amide bonds. The van der Waals surface area contributed by atoms with Crippen LogP contribution in [0.4, 0.5) is 0 Å². The van der Waals surface area contributed by atoms with Gasteiger partial charge in [-0.3, -0.25) is 4.98 Å². The van der Waals surface area contributed by atoms with Gasteiger partial charge in [0.2, 0.25) is 0 Å². The van der Waals surface area contributed by atoms with Gasteiger partial charge in [0.1, 0.15) is 0 Å². The highest BCUT2D eigenvalue weighted by molar-refractivity contribution is 7.09. The minimum absolute atomic E-state index is 0.102. The van der Waals surface area contributed by atoms with Gasteiger partial charge in [0.15, 0.2) is 0 Å². The van der Waals surface area contributed by atoms with Gasteiger partial charge in [0, 0.05) is 22.9 Å².